The third kappa shape index (κ3) is 2.60. The minimum atomic E-state index is 0.736. The Balaban J connectivity index is 1.89. The summed E-state index contributed by atoms with van der Waals surface area (Å²) in [5, 5.41) is 4.62. The van der Waals surface area contributed by atoms with Crippen LogP contribution >= 0.6 is 11.3 Å². The van der Waals surface area contributed by atoms with Crippen molar-refractivity contribution in [2.24, 2.45) is 0 Å². The Hall–Kier alpha value is -2.07. The number of hydrogen-bond acceptors (Lipinski definition) is 3. The molecule has 0 spiro atoms. The molecule has 4 heteroatoms. The van der Waals surface area contributed by atoms with Gasteiger partial charge in [0.2, 0.25) is 0 Å². The Morgan fingerprint density at radius 1 is 1.20 bits per heavy atom. The standard InChI is InChI=1S/C16H17N3S/c1-11-4-3-5-13(8-11)9-19-10-14(17)16(18-19)15-7-6-12(2)20-15/h3-8,10H,9,17H2,1-2H3. The fourth-order valence-electron chi connectivity index (χ4n) is 2.27. The summed E-state index contributed by atoms with van der Waals surface area (Å²) in [4.78, 5) is 2.40. The smallest absolute Gasteiger partial charge is 0.125 e. The molecule has 102 valence electrons. The van der Waals surface area contributed by atoms with Crippen LogP contribution in [0.25, 0.3) is 10.6 Å². The molecule has 0 fully saturated rings. The number of hydrogen-bond donors (Lipinski definition) is 1. The highest BCUT2D eigenvalue weighted by Crippen LogP contribution is 2.30. The fraction of sp³-hybridized carbons (Fsp3) is 0.188. The van der Waals surface area contributed by atoms with Gasteiger partial charge in [-0.25, -0.2) is 0 Å². The molecule has 3 nitrogen and oxygen atoms in total. The number of anilines is 1. The van der Waals surface area contributed by atoms with Crippen molar-refractivity contribution in [1.82, 2.24) is 9.78 Å². The van der Waals surface area contributed by atoms with Crippen LogP contribution in [0.1, 0.15) is 16.0 Å². The second kappa shape index (κ2) is 5.13. The number of thiophene rings is 1. The highest BCUT2D eigenvalue weighted by molar-refractivity contribution is 7.15. The molecule has 2 N–H and O–H groups in total. The van der Waals surface area contributed by atoms with E-state index in [-0.39, 0.29) is 0 Å². The zero-order valence-corrected chi connectivity index (χ0v) is 12.4. The first kappa shape index (κ1) is 12.9. The number of nitrogens with zero attached hydrogens (tertiary/aromatic N) is 2. The van der Waals surface area contributed by atoms with Crippen LogP contribution in [0.5, 0.6) is 0 Å². The molecule has 0 atom stereocenters. The highest BCUT2D eigenvalue weighted by Gasteiger charge is 2.10. The van der Waals surface area contributed by atoms with E-state index in [1.807, 2.05) is 10.9 Å². The molecule has 0 bridgehead atoms. The summed E-state index contributed by atoms with van der Waals surface area (Å²) in [5.41, 5.74) is 10.2. The number of rotatable bonds is 3. The number of benzene rings is 1. The number of aromatic nitrogens is 2. The molecular formula is C16H17N3S. The molecule has 0 aliphatic heterocycles. The number of aryl methyl sites for hydroxylation is 2. The Morgan fingerprint density at radius 2 is 2.05 bits per heavy atom. The molecule has 3 rings (SSSR count). The summed E-state index contributed by atoms with van der Waals surface area (Å²) >= 11 is 1.72. The summed E-state index contributed by atoms with van der Waals surface area (Å²) < 4.78 is 1.91. The van der Waals surface area contributed by atoms with E-state index in [1.54, 1.807) is 11.3 Å². The van der Waals surface area contributed by atoms with Crippen molar-refractivity contribution in [3.63, 3.8) is 0 Å². The van der Waals surface area contributed by atoms with Crippen LogP contribution in [0.3, 0.4) is 0 Å². The zero-order chi connectivity index (χ0) is 14.1. The number of nitrogen functional groups attached to an aromatic ring is 1. The normalized spacial score (nSPS) is 10.9. The predicted octanol–water partition coefficient (Wildman–Crippen LogP) is 3.86. The van der Waals surface area contributed by atoms with E-state index < -0.39 is 0 Å². The van der Waals surface area contributed by atoms with E-state index in [1.165, 1.54) is 16.0 Å². The van der Waals surface area contributed by atoms with Crippen molar-refractivity contribution in [2.75, 3.05) is 5.73 Å². The fourth-order valence-corrected chi connectivity index (χ4v) is 3.14. The monoisotopic (exact) mass is 283 g/mol. The van der Waals surface area contributed by atoms with Crippen LogP contribution in [-0.2, 0) is 6.54 Å². The van der Waals surface area contributed by atoms with Crippen LogP contribution in [0.4, 0.5) is 5.69 Å². The van der Waals surface area contributed by atoms with Gasteiger partial charge in [-0.3, -0.25) is 4.68 Å². The van der Waals surface area contributed by atoms with Crippen LogP contribution in [0.15, 0.2) is 42.6 Å². The molecular weight excluding hydrogens is 266 g/mol. The summed E-state index contributed by atoms with van der Waals surface area (Å²) in [7, 11) is 0. The summed E-state index contributed by atoms with van der Waals surface area (Å²) in [5.74, 6) is 0. The molecule has 0 aliphatic carbocycles. The molecule has 20 heavy (non-hydrogen) atoms. The van der Waals surface area contributed by atoms with E-state index >= 15 is 0 Å². The molecule has 0 aliphatic rings. The first-order valence-corrected chi connectivity index (χ1v) is 7.39. The quantitative estimate of drug-likeness (QED) is 0.793. The van der Waals surface area contributed by atoms with E-state index in [4.69, 9.17) is 5.73 Å². The maximum absolute atomic E-state index is 6.09. The van der Waals surface area contributed by atoms with Gasteiger partial charge < -0.3 is 5.73 Å². The SMILES string of the molecule is Cc1cccc(Cn2cc(N)c(-c3ccc(C)s3)n2)c1. The van der Waals surface area contributed by atoms with E-state index in [2.05, 4.69) is 55.3 Å². The maximum atomic E-state index is 6.09. The topological polar surface area (TPSA) is 43.8 Å². The average Bonchev–Trinajstić information content (AvgIpc) is 2.96. The van der Waals surface area contributed by atoms with Gasteiger partial charge >= 0.3 is 0 Å². The largest absolute Gasteiger partial charge is 0.396 e. The van der Waals surface area contributed by atoms with Gasteiger partial charge in [0.25, 0.3) is 0 Å². The lowest BCUT2D eigenvalue weighted by Crippen LogP contribution is -2.00. The lowest BCUT2D eigenvalue weighted by Gasteiger charge is -2.02. The van der Waals surface area contributed by atoms with Crippen molar-refractivity contribution in [2.45, 2.75) is 20.4 Å². The molecule has 2 aromatic heterocycles. The molecule has 2 heterocycles. The summed E-state index contributed by atoms with van der Waals surface area (Å²) in [6, 6.07) is 12.6. The minimum absolute atomic E-state index is 0.736. The maximum Gasteiger partial charge on any atom is 0.125 e. The second-order valence-corrected chi connectivity index (χ2v) is 6.32. The Kier molecular flexibility index (Phi) is 3.32. The third-order valence-electron chi connectivity index (χ3n) is 3.19. The zero-order valence-electron chi connectivity index (χ0n) is 11.6. The van der Waals surface area contributed by atoms with E-state index in [9.17, 15) is 0 Å². The van der Waals surface area contributed by atoms with Crippen molar-refractivity contribution in [3.8, 4) is 10.6 Å². The molecule has 1 aromatic carbocycles. The Morgan fingerprint density at radius 3 is 2.75 bits per heavy atom. The van der Waals surface area contributed by atoms with Crippen LogP contribution in [0.2, 0.25) is 0 Å². The highest BCUT2D eigenvalue weighted by atomic mass is 32.1. The van der Waals surface area contributed by atoms with Gasteiger partial charge in [-0.1, -0.05) is 29.8 Å². The lowest BCUT2D eigenvalue weighted by atomic mass is 10.1. The summed E-state index contributed by atoms with van der Waals surface area (Å²) in [6.45, 7) is 4.94. The molecule has 0 unspecified atom stereocenters. The Labute approximate surface area is 122 Å². The second-order valence-electron chi connectivity index (χ2n) is 5.03. The van der Waals surface area contributed by atoms with Gasteiger partial charge in [0.15, 0.2) is 0 Å². The van der Waals surface area contributed by atoms with Gasteiger partial charge in [0.1, 0.15) is 5.69 Å². The van der Waals surface area contributed by atoms with Gasteiger partial charge in [-0.05, 0) is 31.5 Å². The van der Waals surface area contributed by atoms with E-state index in [0.717, 1.165) is 22.8 Å². The Bertz CT molecular complexity index is 740. The van der Waals surface area contributed by atoms with Crippen molar-refractivity contribution in [1.29, 1.82) is 0 Å². The first-order chi connectivity index (χ1) is 9.61. The van der Waals surface area contributed by atoms with Crippen LogP contribution in [0, 0.1) is 13.8 Å². The van der Waals surface area contributed by atoms with Crippen molar-refractivity contribution < 1.29 is 0 Å². The van der Waals surface area contributed by atoms with Crippen molar-refractivity contribution >= 4 is 17.0 Å². The van der Waals surface area contributed by atoms with E-state index in [0.29, 0.717) is 0 Å². The van der Waals surface area contributed by atoms with Crippen LogP contribution < -0.4 is 5.73 Å². The average molecular weight is 283 g/mol. The number of nitrogens with two attached hydrogens (primary N) is 1. The molecule has 0 radical (unpaired) electrons. The molecule has 0 amide bonds. The predicted molar refractivity (Wildman–Crippen MR) is 85.0 cm³/mol. The van der Waals surface area contributed by atoms with Crippen LogP contribution in [-0.4, -0.2) is 9.78 Å². The molecule has 0 saturated carbocycles. The molecule has 3 aromatic rings. The third-order valence-corrected chi connectivity index (χ3v) is 4.20. The first-order valence-electron chi connectivity index (χ1n) is 6.57. The van der Waals surface area contributed by atoms with Gasteiger partial charge in [0, 0.05) is 11.1 Å². The van der Waals surface area contributed by atoms with Crippen molar-refractivity contribution in [3.05, 3.63) is 58.6 Å². The molecule has 0 saturated heterocycles. The summed E-state index contributed by atoms with van der Waals surface area (Å²) in [6.07, 6.45) is 1.91. The van der Waals surface area contributed by atoms with Gasteiger partial charge in [0.05, 0.1) is 17.1 Å². The minimum Gasteiger partial charge on any atom is -0.396 e. The van der Waals surface area contributed by atoms with Gasteiger partial charge in [-0.15, -0.1) is 11.3 Å². The van der Waals surface area contributed by atoms with Gasteiger partial charge in [-0.2, -0.15) is 5.10 Å². The lowest BCUT2D eigenvalue weighted by molar-refractivity contribution is 0.689.